The van der Waals surface area contributed by atoms with Crippen molar-refractivity contribution in [2.24, 2.45) is 5.92 Å². The molecule has 0 saturated carbocycles. The smallest absolute Gasteiger partial charge is 0.0798 e. The van der Waals surface area contributed by atoms with Crippen LogP contribution in [0.1, 0.15) is 6.92 Å². The molecule has 2 heteroatoms. The van der Waals surface area contributed by atoms with Crippen LogP contribution in [0.4, 0.5) is 0 Å². The molecular weight excluding hydrogens is 126 g/mol. The zero-order valence-corrected chi connectivity index (χ0v) is 6.63. The lowest BCUT2D eigenvalue weighted by atomic mass is 10.1. The Morgan fingerprint density at radius 1 is 1.80 bits per heavy atom. The molecule has 1 heterocycles. The molecule has 0 aromatic rings. The van der Waals surface area contributed by atoms with Crippen molar-refractivity contribution >= 4 is 0 Å². The summed E-state index contributed by atoms with van der Waals surface area (Å²) in [5, 5.41) is 3.13. The van der Waals surface area contributed by atoms with E-state index in [1.165, 1.54) is 0 Å². The minimum absolute atomic E-state index is 0.340. The molecule has 1 N–H and O–H groups in total. The summed E-state index contributed by atoms with van der Waals surface area (Å²) in [7, 11) is 1.97. The van der Waals surface area contributed by atoms with Gasteiger partial charge >= 0.3 is 0 Å². The second-order valence-corrected chi connectivity index (χ2v) is 2.76. The minimum atomic E-state index is 0.340. The van der Waals surface area contributed by atoms with Gasteiger partial charge < -0.3 is 10.1 Å². The molecular formula is C8H15NO. The lowest BCUT2D eigenvalue weighted by Crippen LogP contribution is -2.26. The highest BCUT2D eigenvalue weighted by atomic mass is 16.5. The molecule has 0 saturated heterocycles. The third kappa shape index (κ3) is 1.82. The van der Waals surface area contributed by atoms with Gasteiger partial charge in [0.25, 0.3) is 0 Å². The molecule has 58 valence electrons. The molecule has 2 atom stereocenters. The summed E-state index contributed by atoms with van der Waals surface area (Å²) in [6.45, 7) is 4.00. The van der Waals surface area contributed by atoms with Gasteiger partial charge in [-0.05, 0) is 13.0 Å². The summed E-state index contributed by atoms with van der Waals surface area (Å²) in [5.41, 5.74) is 0. The maximum absolute atomic E-state index is 5.42. The lowest BCUT2D eigenvalue weighted by molar-refractivity contribution is 0.0877. The van der Waals surface area contributed by atoms with E-state index in [0.717, 1.165) is 13.2 Å². The van der Waals surface area contributed by atoms with E-state index in [4.69, 9.17) is 4.74 Å². The van der Waals surface area contributed by atoms with Gasteiger partial charge in [-0.25, -0.2) is 0 Å². The molecule has 0 amide bonds. The van der Waals surface area contributed by atoms with E-state index < -0.39 is 0 Å². The SMILES string of the molecule is CNCC(C)[C@@H]1C=CCO1. The molecule has 1 unspecified atom stereocenters. The summed E-state index contributed by atoms with van der Waals surface area (Å²) >= 11 is 0. The molecule has 0 aromatic heterocycles. The van der Waals surface area contributed by atoms with Crippen LogP contribution in [0.25, 0.3) is 0 Å². The van der Waals surface area contributed by atoms with Crippen LogP contribution in [-0.4, -0.2) is 26.3 Å². The van der Waals surface area contributed by atoms with Crippen molar-refractivity contribution in [2.45, 2.75) is 13.0 Å². The van der Waals surface area contributed by atoms with E-state index in [-0.39, 0.29) is 0 Å². The fourth-order valence-electron chi connectivity index (χ4n) is 1.20. The van der Waals surface area contributed by atoms with Gasteiger partial charge in [0, 0.05) is 6.54 Å². The van der Waals surface area contributed by atoms with Crippen LogP contribution < -0.4 is 5.32 Å². The van der Waals surface area contributed by atoms with Crippen LogP contribution in [-0.2, 0) is 4.74 Å². The molecule has 1 aliphatic heterocycles. The highest BCUT2D eigenvalue weighted by Crippen LogP contribution is 2.12. The lowest BCUT2D eigenvalue weighted by Gasteiger charge is -2.16. The predicted octanol–water partition coefficient (Wildman–Crippen LogP) is 0.797. The van der Waals surface area contributed by atoms with Gasteiger partial charge in [-0.2, -0.15) is 0 Å². The fourth-order valence-corrected chi connectivity index (χ4v) is 1.20. The summed E-state index contributed by atoms with van der Waals surface area (Å²) < 4.78 is 5.42. The average Bonchev–Trinajstić information content (AvgIpc) is 2.38. The van der Waals surface area contributed by atoms with Crippen molar-refractivity contribution in [1.29, 1.82) is 0 Å². The number of nitrogens with one attached hydrogen (secondary N) is 1. The van der Waals surface area contributed by atoms with Crippen molar-refractivity contribution in [3.05, 3.63) is 12.2 Å². The monoisotopic (exact) mass is 141 g/mol. The quantitative estimate of drug-likeness (QED) is 0.587. The van der Waals surface area contributed by atoms with Crippen LogP contribution >= 0.6 is 0 Å². The van der Waals surface area contributed by atoms with E-state index >= 15 is 0 Å². The molecule has 0 fully saturated rings. The highest BCUT2D eigenvalue weighted by Gasteiger charge is 2.16. The maximum atomic E-state index is 5.42. The Labute approximate surface area is 62.3 Å². The van der Waals surface area contributed by atoms with E-state index in [2.05, 4.69) is 24.4 Å². The van der Waals surface area contributed by atoms with Gasteiger partial charge in [-0.15, -0.1) is 0 Å². The first kappa shape index (κ1) is 7.76. The Kier molecular flexibility index (Phi) is 2.90. The first-order valence-corrected chi connectivity index (χ1v) is 3.77. The Hall–Kier alpha value is -0.340. The molecule has 0 aliphatic carbocycles. The molecule has 0 spiro atoms. The average molecular weight is 141 g/mol. The molecule has 0 aromatic carbocycles. The Morgan fingerprint density at radius 2 is 2.60 bits per heavy atom. The van der Waals surface area contributed by atoms with Crippen molar-refractivity contribution in [1.82, 2.24) is 5.32 Å². The summed E-state index contributed by atoms with van der Waals surface area (Å²) in [4.78, 5) is 0. The number of ether oxygens (including phenoxy) is 1. The van der Waals surface area contributed by atoms with Gasteiger partial charge in [0.2, 0.25) is 0 Å². The van der Waals surface area contributed by atoms with Gasteiger partial charge in [0.1, 0.15) is 0 Å². The molecule has 0 bridgehead atoms. The zero-order valence-electron chi connectivity index (χ0n) is 6.63. The summed E-state index contributed by atoms with van der Waals surface area (Å²) in [6.07, 6.45) is 4.56. The number of hydrogen-bond acceptors (Lipinski definition) is 2. The van der Waals surface area contributed by atoms with E-state index in [9.17, 15) is 0 Å². The van der Waals surface area contributed by atoms with Gasteiger partial charge in [0.05, 0.1) is 12.7 Å². The van der Waals surface area contributed by atoms with Crippen LogP contribution in [0, 0.1) is 5.92 Å². The van der Waals surface area contributed by atoms with Crippen molar-refractivity contribution in [3.63, 3.8) is 0 Å². The highest BCUT2D eigenvalue weighted by molar-refractivity contribution is 4.97. The van der Waals surface area contributed by atoms with E-state index in [0.29, 0.717) is 12.0 Å². The van der Waals surface area contributed by atoms with E-state index in [1.54, 1.807) is 0 Å². The van der Waals surface area contributed by atoms with E-state index in [1.807, 2.05) is 7.05 Å². The van der Waals surface area contributed by atoms with Crippen LogP contribution in [0.3, 0.4) is 0 Å². The summed E-state index contributed by atoms with van der Waals surface area (Å²) in [5.74, 6) is 0.587. The topological polar surface area (TPSA) is 21.3 Å². The fraction of sp³-hybridized carbons (Fsp3) is 0.750. The normalized spacial score (nSPS) is 27.2. The van der Waals surface area contributed by atoms with Gasteiger partial charge in [-0.3, -0.25) is 0 Å². The second-order valence-electron chi connectivity index (χ2n) is 2.76. The Balaban J connectivity index is 2.26. The van der Waals surface area contributed by atoms with Crippen LogP contribution in [0.5, 0.6) is 0 Å². The van der Waals surface area contributed by atoms with Crippen molar-refractivity contribution in [3.8, 4) is 0 Å². The standard InChI is InChI=1S/C8H15NO/c1-7(6-9-2)8-4-3-5-10-8/h3-4,7-9H,5-6H2,1-2H3/t7?,8-/m0/s1. The third-order valence-corrected chi connectivity index (χ3v) is 1.80. The van der Waals surface area contributed by atoms with Crippen LogP contribution in [0.15, 0.2) is 12.2 Å². The largest absolute Gasteiger partial charge is 0.370 e. The number of rotatable bonds is 3. The molecule has 1 aliphatic rings. The van der Waals surface area contributed by atoms with Crippen LogP contribution in [0.2, 0.25) is 0 Å². The first-order chi connectivity index (χ1) is 4.84. The molecule has 2 nitrogen and oxygen atoms in total. The van der Waals surface area contributed by atoms with Gasteiger partial charge in [-0.1, -0.05) is 19.1 Å². The minimum Gasteiger partial charge on any atom is -0.370 e. The van der Waals surface area contributed by atoms with Crippen molar-refractivity contribution in [2.75, 3.05) is 20.2 Å². The zero-order chi connectivity index (χ0) is 7.40. The second kappa shape index (κ2) is 3.74. The van der Waals surface area contributed by atoms with Gasteiger partial charge in [0.15, 0.2) is 0 Å². The molecule has 10 heavy (non-hydrogen) atoms. The maximum Gasteiger partial charge on any atom is 0.0798 e. The predicted molar refractivity (Wildman–Crippen MR) is 42.0 cm³/mol. The molecule has 0 radical (unpaired) electrons. The molecule has 1 rings (SSSR count). The summed E-state index contributed by atoms with van der Waals surface area (Å²) in [6, 6.07) is 0. The van der Waals surface area contributed by atoms with Crippen molar-refractivity contribution < 1.29 is 4.74 Å². The Bertz CT molecular complexity index is 122. The number of hydrogen-bond donors (Lipinski definition) is 1. The Morgan fingerprint density at radius 3 is 3.10 bits per heavy atom. The first-order valence-electron chi connectivity index (χ1n) is 3.77. The third-order valence-electron chi connectivity index (χ3n) is 1.80.